The van der Waals surface area contributed by atoms with Gasteiger partial charge in [0.2, 0.25) is 0 Å². The van der Waals surface area contributed by atoms with Gasteiger partial charge < -0.3 is 20.1 Å². The number of nitrogens with one attached hydrogen (secondary N) is 2. The van der Waals surface area contributed by atoms with Crippen molar-refractivity contribution in [3.8, 4) is 11.5 Å². The van der Waals surface area contributed by atoms with E-state index in [0.29, 0.717) is 25.5 Å². The first-order valence-electron chi connectivity index (χ1n) is 9.30. The van der Waals surface area contributed by atoms with Gasteiger partial charge in [-0.2, -0.15) is 0 Å². The molecule has 0 amide bonds. The predicted octanol–water partition coefficient (Wildman–Crippen LogP) is 2.51. The van der Waals surface area contributed by atoms with Gasteiger partial charge in [-0.05, 0) is 39.3 Å². The lowest BCUT2D eigenvalue weighted by Crippen LogP contribution is -2.42. The second-order valence-electron chi connectivity index (χ2n) is 7.06. The summed E-state index contributed by atoms with van der Waals surface area (Å²) in [6.07, 6.45) is 2.84. The van der Waals surface area contributed by atoms with E-state index in [2.05, 4.69) is 22.5 Å². The fraction of sp³-hybridized carbons (Fsp3) is 0.632. The van der Waals surface area contributed by atoms with Crippen LogP contribution in [0.3, 0.4) is 0 Å². The minimum Gasteiger partial charge on any atom is -0.496 e. The van der Waals surface area contributed by atoms with E-state index in [1.807, 2.05) is 26.0 Å². The molecule has 0 fully saturated rings. The SMILES string of the molecule is CCNC(=NCc1cc2c(cc1OC)CC(C)O2)NC(C)CCS(C)(=O)=O.I. The molecule has 1 heterocycles. The smallest absolute Gasteiger partial charge is 0.191 e. The molecule has 0 bridgehead atoms. The molecule has 7 nitrogen and oxygen atoms in total. The second kappa shape index (κ2) is 11.1. The summed E-state index contributed by atoms with van der Waals surface area (Å²) in [6.45, 7) is 7.14. The molecule has 0 aliphatic carbocycles. The molecule has 160 valence electrons. The summed E-state index contributed by atoms with van der Waals surface area (Å²) < 4.78 is 34.1. The molecule has 2 atom stereocenters. The Morgan fingerprint density at radius 1 is 1.43 bits per heavy atom. The molecule has 1 aliphatic rings. The molecule has 0 saturated carbocycles. The summed E-state index contributed by atoms with van der Waals surface area (Å²) >= 11 is 0. The van der Waals surface area contributed by atoms with Gasteiger partial charge in [-0.25, -0.2) is 13.4 Å². The quantitative estimate of drug-likeness (QED) is 0.308. The van der Waals surface area contributed by atoms with Gasteiger partial charge in [0, 0.05) is 36.4 Å². The highest BCUT2D eigenvalue weighted by molar-refractivity contribution is 14.0. The number of hydrogen-bond acceptors (Lipinski definition) is 5. The molecule has 0 aromatic heterocycles. The van der Waals surface area contributed by atoms with Crippen molar-refractivity contribution in [1.29, 1.82) is 0 Å². The second-order valence-corrected chi connectivity index (χ2v) is 9.32. The third kappa shape index (κ3) is 7.65. The van der Waals surface area contributed by atoms with Crippen molar-refractivity contribution in [2.24, 2.45) is 4.99 Å². The normalized spacial score (nSPS) is 17.2. The zero-order valence-corrected chi connectivity index (χ0v) is 20.4. The average molecular weight is 525 g/mol. The van der Waals surface area contributed by atoms with Crippen molar-refractivity contribution in [2.75, 3.05) is 25.7 Å². The molecule has 0 saturated heterocycles. The van der Waals surface area contributed by atoms with E-state index in [9.17, 15) is 8.42 Å². The van der Waals surface area contributed by atoms with Crippen molar-refractivity contribution in [3.05, 3.63) is 23.3 Å². The molecule has 9 heteroatoms. The highest BCUT2D eigenvalue weighted by Crippen LogP contribution is 2.35. The fourth-order valence-electron chi connectivity index (χ4n) is 2.98. The Labute approximate surface area is 185 Å². The predicted molar refractivity (Wildman–Crippen MR) is 124 cm³/mol. The molecule has 2 rings (SSSR count). The number of sulfone groups is 1. The van der Waals surface area contributed by atoms with E-state index >= 15 is 0 Å². The Balaban J connectivity index is 0.00000392. The lowest BCUT2D eigenvalue weighted by Gasteiger charge is -2.18. The number of benzene rings is 1. The largest absolute Gasteiger partial charge is 0.496 e. The van der Waals surface area contributed by atoms with Crippen LogP contribution in [0.1, 0.15) is 38.3 Å². The van der Waals surface area contributed by atoms with Gasteiger partial charge in [0.1, 0.15) is 27.4 Å². The first-order valence-corrected chi connectivity index (χ1v) is 11.4. The van der Waals surface area contributed by atoms with Crippen LogP contribution >= 0.6 is 24.0 Å². The van der Waals surface area contributed by atoms with Crippen LogP contribution in [0.15, 0.2) is 17.1 Å². The maximum atomic E-state index is 11.3. The summed E-state index contributed by atoms with van der Waals surface area (Å²) in [6, 6.07) is 4.01. The van der Waals surface area contributed by atoms with Crippen LogP contribution in [0.2, 0.25) is 0 Å². The molecule has 1 aliphatic heterocycles. The number of nitrogens with zero attached hydrogens (tertiary/aromatic N) is 1. The molecule has 0 radical (unpaired) electrons. The van der Waals surface area contributed by atoms with Crippen LogP contribution in [0.25, 0.3) is 0 Å². The third-order valence-electron chi connectivity index (χ3n) is 4.36. The minimum absolute atomic E-state index is 0. The maximum Gasteiger partial charge on any atom is 0.191 e. The van der Waals surface area contributed by atoms with Gasteiger partial charge in [0.25, 0.3) is 0 Å². The number of rotatable bonds is 8. The van der Waals surface area contributed by atoms with Crippen molar-refractivity contribution in [1.82, 2.24) is 10.6 Å². The Bertz CT molecular complexity index is 784. The van der Waals surface area contributed by atoms with Gasteiger partial charge in [0.05, 0.1) is 19.4 Å². The molecule has 1 aromatic rings. The van der Waals surface area contributed by atoms with E-state index in [4.69, 9.17) is 9.47 Å². The zero-order valence-electron chi connectivity index (χ0n) is 17.2. The topological polar surface area (TPSA) is 89.0 Å². The molecule has 2 unspecified atom stereocenters. The van der Waals surface area contributed by atoms with Crippen LogP contribution in [-0.2, 0) is 22.8 Å². The highest BCUT2D eigenvalue weighted by atomic mass is 127. The monoisotopic (exact) mass is 525 g/mol. The number of halogens is 1. The van der Waals surface area contributed by atoms with Crippen LogP contribution < -0.4 is 20.1 Å². The Kier molecular flexibility index (Phi) is 9.82. The van der Waals surface area contributed by atoms with Gasteiger partial charge in [-0.3, -0.25) is 0 Å². The summed E-state index contributed by atoms with van der Waals surface area (Å²) in [5.41, 5.74) is 2.11. The molecule has 0 spiro atoms. The molecular formula is C19H32IN3O4S. The Hall–Kier alpha value is -1.23. The first kappa shape index (κ1) is 24.8. The van der Waals surface area contributed by atoms with Crippen molar-refractivity contribution in [2.45, 2.75) is 52.3 Å². The van der Waals surface area contributed by atoms with Crippen molar-refractivity contribution >= 4 is 39.8 Å². The number of aliphatic imine (C=N–C) groups is 1. The average Bonchev–Trinajstić information content (AvgIpc) is 2.95. The molecule has 28 heavy (non-hydrogen) atoms. The van der Waals surface area contributed by atoms with Crippen molar-refractivity contribution < 1.29 is 17.9 Å². The zero-order chi connectivity index (χ0) is 20.0. The summed E-state index contributed by atoms with van der Waals surface area (Å²) in [5, 5.41) is 6.46. The molecule has 2 N–H and O–H groups in total. The van der Waals surface area contributed by atoms with Crippen LogP contribution in [0, 0.1) is 0 Å². The van der Waals surface area contributed by atoms with Crippen LogP contribution in [0.4, 0.5) is 0 Å². The Morgan fingerprint density at radius 2 is 2.14 bits per heavy atom. The first-order chi connectivity index (χ1) is 12.7. The summed E-state index contributed by atoms with van der Waals surface area (Å²) in [4.78, 5) is 4.63. The summed E-state index contributed by atoms with van der Waals surface area (Å²) in [7, 11) is -1.32. The van der Waals surface area contributed by atoms with Crippen LogP contribution in [0.5, 0.6) is 11.5 Å². The lowest BCUT2D eigenvalue weighted by molar-refractivity contribution is 0.254. The number of methoxy groups -OCH3 is 1. The maximum absolute atomic E-state index is 11.3. The molecular weight excluding hydrogens is 493 g/mol. The van der Waals surface area contributed by atoms with E-state index in [-0.39, 0.29) is 41.9 Å². The number of hydrogen-bond donors (Lipinski definition) is 2. The minimum atomic E-state index is -2.97. The van der Waals surface area contributed by atoms with Gasteiger partial charge in [0.15, 0.2) is 5.96 Å². The standard InChI is InChI=1S/C19H31N3O4S.HI/c1-6-20-19(22-13(2)7-8-27(5,23)24)21-12-16-11-18-15(9-14(3)26-18)10-17(16)25-4;/h10-11,13-14H,6-9,12H2,1-5H3,(H2,20,21,22);1H. The summed E-state index contributed by atoms with van der Waals surface area (Å²) in [5.74, 6) is 2.49. The Morgan fingerprint density at radius 3 is 2.75 bits per heavy atom. The van der Waals surface area contributed by atoms with Gasteiger partial charge >= 0.3 is 0 Å². The van der Waals surface area contributed by atoms with Crippen molar-refractivity contribution in [3.63, 3.8) is 0 Å². The number of ether oxygens (including phenoxy) is 2. The number of guanidine groups is 1. The van der Waals surface area contributed by atoms with Gasteiger partial charge in [-0.15, -0.1) is 24.0 Å². The molecule has 1 aromatic carbocycles. The number of fused-ring (bicyclic) bond motifs is 1. The lowest BCUT2D eigenvalue weighted by atomic mass is 10.1. The van der Waals surface area contributed by atoms with E-state index in [1.54, 1.807) is 7.11 Å². The van der Waals surface area contributed by atoms with E-state index in [0.717, 1.165) is 29.0 Å². The van der Waals surface area contributed by atoms with Crippen LogP contribution in [-0.4, -0.2) is 52.2 Å². The third-order valence-corrected chi connectivity index (χ3v) is 5.33. The highest BCUT2D eigenvalue weighted by Gasteiger charge is 2.21. The van der Waals surface area contributed by atoms with E-state index < -0.39 is 9.84 Å². The van der Waals surface area contributed by atoms with E-state index in [1.165, 1.54) is 6.26 Å². The fourth-order valence-corrected chi connectivity index (χ4v) is 3.76. The van der Waals surface area contributed by atoms with Gasteiger partial charge in [-0.1, -0.05) is 0 Å².